The predicted molar refractivity (Wildman–Crippen MR) is 72.9 cm³/mol. The van der Waals surface area contributed by atoms with Gasteiger partial charge in [-0.25, -0.2) is 4.98 Å². The topological polar surface area (TPSA) is 70.7 Å². The highest BCUT2D eigenvalue weighted by molar-refractivity contribution is 9.10. The normalized spacial score (nSPS) is 10.5. The van der Waals surface area contributed by atoms with Crippen molar-refractivity contribution < 1.29 is 4.79 Å². The molecule has 0 bridgehead atoms. The fourth-order valence-electron chi connectivity index (χ4n) is 1.22. The Kier molecular flexibility index (Phi) is 3.85. The minimum atomic E-state index is -0.254. The van der Waals surface area contributed by atoms with Gasteiger partial charge in [0.1, 0.15) is 5.69 Å². The molecule has 2 aromatic rings. The molecule has 0 unspecified atom stereocenters. The molecule has 0 aliphatic heterocycles. The van der Waals surface area contributed by atoms with Crippen molar-refractivity contribution in [3.63, 3.8) is 0 Å². The Hall–Kier alpha value is -0.860. The van der Waals surface area contributed by atoms with E-state index in [1.54, 1.807) is 11.8 Å². The van der Waals surface area contributed by atoms with Crippen LogP contribution in [0.15, 0.2) is 14.9 Å². The van der Waals surface area contributed by atoms with Gasteiger partial charge in [-0.05, 0) is 29.1 Å². The Morgan fingerprint density at radius 1 is 1.65 bits per heavy atom. The molecule has 2 rings (SSSR count). The smallest absolute Gasteiger partial charge is 0.276 e. The lowest BCUT2D eigenvalue weighted by Gasteiger charge is -1.98. The molecule has 2 heterocycles. The fourth-order valence-corrected chi connectivity index (χ4v) is 3.19. The Balaban J connectivity index is 2.16. The number of thioether (sulfide) groups is 1. The first-order chi connectivity index (χ1) is 8.11. The fraction of sp³-hybridized carbons (Fsp3) is 0.222. The largest absolute Gasteiger partial charge is 0.296 e. The predicted octanol–water partition coefficient (Wildman–Crippen LogP) is 2.91. The van der Waals surface area contributed by atoms with Crippen LogP contribution in [0.2, 0.25) is 0 Å². The summed E-state index contributed by atoms with van der Waals surface area (Å²) in [6, 6.07) is 0. The number of hydrogen-bond acceptors (Lipinski definition) is 5. The highest BCUT2D eigenvalue weighted by Gasteiger charge is 2.15. The molecule has 90 valence electrons. The number of hydrogen-bond donors (Lipinski definition) is 2. The van der Waals surface area contributed by atoms with Crippen molar-refractivity contribution in [3.05, 3.63) is 22.1 Å². The average molecular weight is 333 g/mol. The molecule has 2 aromatic heterocycles. The van der Waals surface area contributed by atoms with Gasteiger partial charge in [0.05, 0.1) is 20.6 Å². The second-order valence-corrected chi connectivity index (χ2v) is 6.07. The summed E-state index contributed by atoms with van der Waals surface area (Å²) in [5.41, 5.74) is 1.32. The zero-order chi connectivity index (χ0) is 12.4. The lowest BCUT2D eigenvalue weighted by molar-refractivity contribution is 0.102. The molecule has 0 aromatic carbocycles. The van der Waals surface area contributed by atoms with Gasteiger partial charge >= 0.3 is 0 Å². The van der Waals surface area contributed by atoms with Gasteiger partial charge in [-0.2, -0.15) is 5.10 Å². The van der Waals surface area contributed by atoms with E-state index in [0.29, 0.717) is 15.3 Å². The molecule has 0 atom stereocenters. The Morgan fingerprint density at radius 3 is 2.94 bits per heavy atom. The number of H-pyrrole nitrogens is 1. The SMILES string of the molecule is CSc1sc(NC(=O)c2[nH]ncc2Br)nc1C. The van der Waals surface area contributed by atoms with Crippen molar-refractivity contribution in [2.24, 2.45) is 0 Å². The number of carbonyl (C=O) groups excluding carboxylic acids is 1. The van der Waals surface area contributed by atoms with Crippen LogP contribution >= 0.6 is 39.0 Å². The summed E-state index contributed by atoms with van der Waals surface area (Å²) in [6.45, 7) is 1.92. The lowest BCUT2D eigenvalue weighted by atomic mass is 10.4. The Bertz CT molecular complexity index is 551. The first kappa shape index (κ1) is 12.6. The molecule has 5 nitrogen and oxygen atoms in total. The minimum absolute atomic E-state index is 0.254. The van der Waals surface area contributed by atoms with Gasteiger partial charge in [-0.15, -0.1) is 11.8 Å². The summed E-state index contributed by atoms with van der Waals surface area (Å²) >= 11 is 6.32. The van der Waals surface area contributed by atoms with Gasteiger partial charge in [0.25, 0.3) is 5.91 Å². The summed E-state index contributed by atoms with van der Waals surface area (Å²) in [5.74, 6) is -0.254. The molecule has 0 aliphatic carbocycles. The van der Waals surface area contributed by atoms with Crippen molar-refractivity contribution in [1.29, 1.82) is 0 Å². The van der Waals surface area contributed by atoms with Gasteiger partial charge in [-0.3, -0.25) is 15.2 Å². The number of amides is 1. The van der Waals surface area contributed by atoms with Gasteiger partial charge < -0.3 is 0 Å². The van der Waals surface area contributed by atoms with Crippen LogP contribution in [0.3, 0.4) is 0 Å². The van der Waals surface area contributed by atoms with Gasteiger partial charge in [-0.1, -0.05) is 11.3 Å². The van der Waals surface area contributed by atoms with E-state index in [1.807, 2.05) is 13.2 Å². The molecule has 2 N–H and O–H groups in total. The van der Waals surface area contributed by atoms with Crippen LogP contribution < -0.4 is 5.32 Å². The van der Waals surface area contributed by atoms with E-state index in [0.717, 1.165) is 9.90 Å². The molecular formula is C9H9BrN4OS2. The van der Waals surface area contributed by atoms with E-state index < -0.39 is 0 Å². The number of carbonyl (C=O) groups is 1. The average Bonchev–Trinajstić information content (AvgIpc) is 2.84. The van der Waals surface area contributed by atoms with Crippen LogP contribution in [-0.4, -0.2) is 27.3 Å². The van der Waals surface area contributed by atoms with Crippen molar-refractivity contribution in [2.45, 2.75) is 11.1 Å². The molecule has 1 amide bonds. The molecule has 8 heteroatoms. The standard InChI is InChI=1S/C9H9BrN4OS2/c1-4-8(16-2)17-9(12-4)13-7(15)6-5(10)3-11-14-6/h3H,1-2H3,(H,11,14)(H,12,13,15). The maximum atomic E-state index is 11.9. The quantitative estimate of drug-likeness (QED) is 0.848. The third-order valence-electron chi connectivity index (χ3n) is 1.98. The van der Waals surface area contributed by atoms with Gasteiger partial charge in [0.15, 0.2) is 5.13 Å². The first-order valence-electron chi connectivity index (χ1n) is 4.63. The summed E-state index contributed by atoms with van der Waals surface area (Å²) in [5, 5.41) is 9.72. The number of rotatable bonds is 3. The van der Waals surface area contributed by atoms with E-state index in [2.05, 4.69) is 36.4 Å². The number of nitrogens with zero attached hydrogens (tertiary/aromatic N) is 2. The molecule has 17 heavy (non-hydrogen) atoms. The van der Waals surface area contributed by atoms with E-state index in [9.17, 15) is 4.79 Å². The molecule has 0 spiro atoms. The minimum Gasteiger partial charge on any atom is -0.296 e. The van der Waals surface area contributed by atoms with Crippen LogP contribution in [0.5, 0.6) is 0 Å². The van der Waals surface area contributed by atoms with Crippen molar-refractivity contribution in [2.75, 3.05) is 11.6 Å². The van der Waals surface area contributed by atoms with Crippen molar-refractivity contribution in [1.82, 2.24) is 15.2 Å². The molecular weight excluding hydrogens is 324 g/mol. The number of aromatic nitrogens is 3. The second kappa shape index (κ2) is 5.19. The highest BCUT2D eigenvalue weighted by Crippen LogP contribution is 2.30. The number of thiazole rings is 1. The maximum absolute atomic E-state index is 11.9. The number of aromatic amines is 1. The van der Waals surface area contributed by atoms with Crippen molar-refractivity contribution in [3.8, 4) is 0 Å². The lowest BCUT2D eigenvalue weighted by Crippen LogP contribution is -2.12. The number of halogens is 1. The Labute approximate surface area is 115 Å². The first-order valence-corrected chi connectivity index (χ1v) is 7.47. The number of nitrogens with one attached hydrogen (secondary N) is 2. The van der Waals surface area contributed by atoms with Crippen LogP contribution in [0, 0.1) is 6.92 Å². The van der Waals surface area contributed by atoms with E-state index in [-0.39, 0.29) is 5.91 Å². The molecule has 0 aliphatic rings. The zero-order valence-corrected chi connectivity index (χ0v) is 12.3. The van der Waals surface area contributed by atoms with Crippen molar-refractivity contribution >= 4 is 50.1 Å². The monoisotopic (exact) mass is 332 g/mol. The van der Waals surface area contributed by atoms with Gasteiger partial charge in [0, 0.05) is 0 Å². The summed E-state index contributed by atoms with van der Waals surface area (Å²) in [7, 11) is 0. The van der Waals surface area contributed by atoms with Gasteiger partial charge in [0.2, 0.25) is 0 Å². The van der Waals surface area contributed by atoms with Crippen LogP contribution in [0.4, 0.5) is 5.13 Å². The third kappa shape index (κ3) is 2.70. The molecule has 0 fully saturated rings. The third-order valence-corrected chi connectivity index (χ3v) is 4.86. The molecule has 0 radical (unpaired) electrons. The summed E-state index contributed by atoms with van der Waals surface area (Å²) < 4.78 is 1.73. The van der Waals surface area contributed by atoms with E-state index in [1.165, 1.54) is 17.5 Å². The summed E-state index contributed by atoms with van der Waals surface area (Å²) in [6.07, 6.45) is 3.52. The van der Waals surface area contributed by atoms with Crippen LogP contribution in [0.1, 0.15) is 16.2 Å². The number of aryl methyl sites for hydroxylation is 1. The second-order valence-electron chi connectivity index (χ2n) is 3.14. The van der Waals surface area contributed by atoms with Crippen LogP contribution in [0.25, 0.3) is 0 Å². The highest BCUT2D eigenvalue weighted by atomic mass is 79.9. The van der Waals surface area contributed by atoms with E-state index in [4.69, 9.17) is 0 Å². The Morgan fingerprint density at radius 2 is 2.41 bits per heavy atom. The van der Waals surface area contributed by atoms with Crippen LogP contribution in [-0.2, 0) is 0 Å². The van der Waals surface area contributed by atoms with E-state index >= 15 is 0 Å². The molecule has 0 saturated carbocycles. The maximum Gasteiger partial charge on any atom is 0.276 e. The summed E-state index contributed by atoms with van der Waals surface area (Å²) in [4.78, 5) is 16.1. The number of anilines is 1. The zero-order valence-electron chi connectivity index (χ0n) is 9.07. The molecule has 0 saturated heterocycles.